The first-order chi connectivity index (χ1) is 9.87. The van der Waals surface area contributed by atoms with Gasteiger partial charge in [-0.2, -0.15) is 0 Å². The first-order valence-corrected chi connectivity index (χ1v) is 7.01. The van der Waals surface area contributed by atoms with Crippen molar-refractivity contribution in [3.63, 3.8) is 0 Å². The van der Waals surface area contributed by atoms with Gasteiger partial charge in [0.2, 0.25) is 0 Å². The number of pyridine rings is 1. The molecule has 0 fully saturated rings. The molecule has 112 valence electrons. The lowest BCUT2D eigenvalue weighted by molar-refractivity contribution is 0.163. The van der Waals surface area contributed by atoms with E-state index in [-0.39, 0.29) is 11.4 Å². The van der Waals surface area contributed by atoms with Crippen LogP contribution >= 0.6 is 0 Å². The Balaban J connectivity index is 2.28. The number of aliphatic hydroxyl groups excluding tert-OH is 1. The SMILES string of the molecule is CC(C)(C)NC[C@H](O)c1cccnc1-c1cccc(F)c1. The maximum absolute atomic E-state index is 13.4. The molecular weight excluding hydrogens is 267 g/mol. The maximum Gasteiger partial charge on any atom is 0.123 e. The van der Waals surface area contributed by atoms with E-state index in [4.69, 9.17) is 0 Å². The molecule has 0 saturated heterocycles. The van der Waals surface area contributed by atoms with Crippen LogP contribution in [0.15, 0.2) is 42.6 Å². The second-order valence-electron chi connectivity index (χ2n) is 6.10. The average molecular weight is 288 g/mol. The standard InChI is InChI=1S/C17H21FN2O/c1-17(2,3)20-11-15(21)14-8-5-9-19-16(14)12-6-4-7-13(18)10-12/h4-10,15,20-21H,11H2,1-3H3/t15-/m0/s1. The summed E-state index contributed by atoms with van der Waals surface area (Å²) in [4.78, 5) is 4.30. The Labute approximate surface area is 124 Å². The molecule has 1 aromatic heterocycles. The van der Waals surface area contributed by atoms with E-state index in [0.717, 1.165) is 0 Å². The number of benzene rings is 1. The fourth-order valence-corrected chi connectivity index (χ4v) is 2.08. The van der Waals surface area contributed by atoms with E-state index in [1.54, 1.807) is 24.4 Å². The summed E-state index contributed by atoms with van der Waals surface area (Å²) in [5.74, 6) is -0.314. The monoisotopic (exact) mass is 288 g/mol. The molecular formula is C17H21FN2O. The molecule has 0 amide bonds. The van der Waals surface area contributed by atoms with Crippen LogP contribution in [0.1, 0.15) is 32.4 Å². The Morgan fingerprint density at radius 2 is 2.00 bits per heavy atom. The molecule has 2 N–H and O–H groups in total. The maximum atomic E-state index is 13.4. The predicted molar refractivity (Wildman–Crippen MR) is 82.3 cm³/mol. The quantitative estimate of drug-likeness (QED) is 0.907. The van der Waals surface area contributed by atoms with Crippen molar-refractivity contribution in [1.82, 2.24) is 10.3 Å². The Morgan fingerprint density at radius 1 is 1.24 bits per heavy atom. The molecule has 0 aliphatic heterocycles. The average Bonchev–Trinajstić information content (AvgIpc) is 2.44. The van der Waals surface area contributed by atoms with Crippen LogP contribution in [0, 0.1) is 5.82 Å². The zero-order valence-electron chi connectivity index (χ0n) is 12.6. The number of rotatable bonds is 4. The molecule has 4 heteroatoms. The number of nitrogens with zero attached hydrogens (tertiary/aromatic N) is 1. The minimum Gasteiger partial charge on any atom is -0.387 e. The third kappa shape index (κ3) is 4.34. The molecule has 0 aliphatic rings. The molecule has 1 aromatic carbocycles. The van der Waals surface area contributed by atoms with Crippen LogP contribution in [0.3, 0.4) is 0 Å². The first-order valence-electron chi connectivity index (χ1n) is 7.01. The van der Waals surface area contributed by atoms with Gasteiger partial charge in [0.15, 0.2) is 0 Å². The molecule has 1 heterocycles. The van der Waals surface area contributed by atoms with Gasteiger partial charge in [0, 0.05) is 29.4 Å². The fourth-order valence-electron chi connectivity index (χ4n) is 2.08. The smallest absolute Gasteiger partial charge is 0.123 e. The number of hydrogen-bond donors (Lipinski definition) is 2. The zero-order chi connectivity index (χ0) is 15.5. The highest BCUT2D eigenvalue weighted by Crippen LogP contribution is 2.26. The van der Waals surface area contributed by atoms with Crippen molar-refractivity contribution in [2.75, 3.05) is 6.54 Å². The molecule has 0 saturated carbocycles. The van der Waals surface area contributed by atoms with Crippen LogP contribution < -0.4 is 5.32 Å². The van der Waals surface area contributed by atoms with Gasteiger partial charge in [-0.15, -0.1) is 0 Å². The van der Waals surface area contributed by atoms with Crippen molar-refractivity contribution in [2.24, 2.45) is 0 Å². The highest BCUT2D eigenvalue weighted by Gasteiger charge is 2.17. The van der Waals surface area contributed by atoms with E-state index >= 15 is 0 Å². The van der Waals surface area contributed by atoms with Gasteiger partial charge in [0.1, 0.15) is 5.82 Å². The fraction of sp³-hybridized carbons (Fsp3) is 0.353. The highest BCUT2D eigenvalue weighted by molar-refractivity contribution is 5.63. The Hall–Kier alpha value is -1.78. The van der Waals surface area contributed by atoms with E-state index in [0.29, 0.717) is 23.4 Å². The van der Waals surface area contributed by atoms with Crippen LogP contribution in [0.4, 0.5) is 4.39 Å². The molecule has 3 nitrogen and oxygen atoms in total. The van der Waals surface area contributed by atoms with E-state index in [2.05, 4.69) is 10.3 Å². The van der Waals surface area contributed by atoms with E-state index in [9.17, 15) is 9.50 Å². The lowest BCUT2D eigenvalue weighted by Gasteiger charge is -2.23. The Kier molecular flexibility index (Phi) is 4.70. The van der Waals surface area contributed by atoms with Crippen molar-refractivity contribution < 1.29 is 9.50 Å². The van der Waals surface area contributed by atoms with Gasteiger partial charge in [-0.3, -0.25) is 4.98 Å². The molecule has 1 atom stereocenters. The summed E-state index contributed by atoms with van der Waals surface area (Å²) in [5.41, 5.74) is 1.89. The molecule has 0 bridgehead atoms. The van der Waals surface area contributed by atoms with Gasteiger partial charge in [-0.05, 0) is 39.0 Å². The summed E-state index contributed by atoms with van der Waals surface area (Å²) < 4.78 is 13.4. The highest BCUT2D eigenvalue weighted by atomic mass is 19.1. The number of β-amino-alcohol motifs (C(OH)–C–C–N with tert-alkyl or cyclic N) is 1. The lowest BCUT2D eigenvalue weighted by atomic mass is 10.0. The molecule has 0 spiro atoms. The number of halogens is 1. The van der Waals surface area contributed by atoms with Gasteiger partial charge in [0.25, 0.3) is 0 Å². The van der Waals surface area contributed by atoms with Crippen molar-refractivity contribution in [2.45, 2.75) is 32.4 Å². The third-order valence-electron chi connectivity index (χ3n) is 3.12. The van der Waals surface area contributed by atoms with Crippen LogP contribution in [-0.4, -0.2) is 22.2 Å². The van der Waals surface area contributed by atoms with Crippen molar-refractivity contribution in [1.29, 1.82) is 0 Å². The van der Waals surface area contributed by atoms with Gasteiger partial charge >= 0.3 is 0 Å². The van der Waals surface area contributed by atoms with Gasteiger partial charge < -0.3 is 10.4 Å². The summed E-state index contributed by atoms with van der Waals surface area (Å²) in [6.07, 6.45) is 0.949. The number of aliphatic hydroxyl groups is 1. The molecule has 0 radical (unpaired) electrons. The van der Waals surface area contributed by atoms with Crippen LogP contribution in [-0.2, 0) is 0 Å². The van der Waals surface area contributed by atoms with Crippen molar-refractivity contribution in [3.05, 3.63) is 54.0 Å². The second kappa shape index (κ2) is 6.33. The Morgan fingerprint density at radius 3 is 2.67 bits per heavy atom. The lowest BCUT2D eigenvalue weighted by Crippen LogP contribution is -2.38. The summed E-state index contributed by atoms with van der Waals surface area (Å²) in [7, 11) is 0. The summed E-state index contributed by atoms with van der Waals surface area (Å²) in [6.45, 7) is 6.53. The van der Waals surface area contributed by atoms with E-state index < -0.39 is 6.10 Å². The number of hydrogen-bond acceptors (Lipinski definition) is 3. The molecule has 2 rings (SSSR count). The largest absolute Gasteiger partial charge is 0.387 e. The third-order valence-corrected chi connectivity index (χ3v) is 3.12. The minimum absolute atomic E-state index is 0.0811. The predicted octanol–water partition coefficient (Wildman–Crippen LogP) is 3.31. The van der Waals surface area contributed by atoms with Gasteiger partial charge in [-0.25, -0.2) is 4.39 Å². The molecule has 0 aliphatic carbocycles. The Bertz CT molecular complexity index is 608. The van der Waals surface area contributed by atoms with Gasteiger partial charge in [0.05, 0.1) is 11.8 Å². The summed E-state index contributed by atoms with van der Waals surface area (Å²) in [5, 5.41) is 13.7. The van der Waals surface area contributed by atoms with Crippen LogP contribution in [0.5, 0.6) is 0 Å². The second-order valence-corrected chi connectivity index (χ2v) is 6.10. The number of nitrogens with one attached hydrogen (secondary N) is 1. The first kappa shape index (κ1) is 15.6. The topological polar surface area (TPSA) is 45.1 Å². The minimum atomic E-state index is -0.698. The molecule has 2 aromatic rings. The summed E-state index contributed by atoms with van der Waals surface area (Å²) in [6, 6.07) is 9.85. The van der Waals surface area contributed by atoms with E-state index in [1.165, 1.54) is 12.1 Å². The normalized spacial score (nSPS) is 13.2. The van der Waals surface area contributed by atoms with Gasteiger partial charge in [-0.1, -0.05) is 18.2 Å². The zero-order valence-corrected chi connectivity index (χ0v) is 12.6. The van der Waals surface area contributed by atoms with Crippen LogP contribution in [0.25, 0.3) is 11.3 Å². The molecule has 0 unspecified atom stereocenters. The van der Waals surface area contributed by atoms with Crippen molar-refractivity contribution in [3.8, 4) is 11.3 Å². The van der Waals surface area contributed by atoms with E-state index in [1.807, 2.05) is 26.8 Å². The summed E-state index contributed by atoms with van der Waals surface area (Å²) >= 11 is 0. The molecule has 21 heavy (non-hydrogen) atoms. The van der Waals surface area contributed by atoms with Crippen LogP contribution in [0.2, 0.25) is 0 Å². The number of aromatic nitrogens is 1. The van der Waals surface area contributed by atoms with Crippen molar-refractivity contribution >= 4 is 0 Å².